The van der Waals surface area contributed by atoms with Gasteiger partial charge in [0.25, 0.3) is 0 Å². The number of anilines is 1. The minimum absolute atomic E-state index is 0.768. The van der Waals surface area contributed by atoms with Crippen LogP contribution in [0.3, 0.4) is 0 Å². The molecule has 0 aliphatic carbocycles. The molecule has 0 aliphatic rings. The van der Waals surface area contributed by atoms with E-state index in [-0.39, 0.29) is 0 Å². The lowest BCUT2D eigenvalue weighted by Gasteiger charge is -2.12. The maximum atomic E-state index is 4.55. The number of aryl methyl sites for hydroxylation is 2. The number of hydrogen-bond acceptors (Lipinski definition) is 4. The largest absolute Gasteiger partial charge is 0.373 e. The summed E-state index contributed by atoms with van der Waals surface area (Å²) in [6.07, 6.45) is 2.87. The van der Waals surface area contributed by atoms with Gasteiger partial charge in [-0.25, -0.2) is 9.97 Å². The fourth-order valence-corrected chi connectivity index (χ4v) is 2.05. The third-order valence-corrected chi connectivity index (χ3v) is 2.89. The van der Waals surface area contributed by atoms with E-state index in [0.717, 1.165) is 41.6 Å². The Balaban J connectivity index is 2.56. The Morgan fingerprint density at radius 3 is 2.72 bits per heavy atom. The molecule has 18 heavy (non-hydrogen) atoms. The van der Waals surface area contributed by atoms with Gasteiger partial charge < -0.3 is 5.32 Å². The molecular formula is C13H19N5. The van der Waals surface area contributed by atoms with Crippen molar-refractivity contribution in [2.45, 2.75) is 33.7 Å². The number of nitrogens with one attached hydrogen (secondary N) is 1. The number of aromatic nitrogens is 4. The summed E-state index contributed by atoms with van der Waals surface area (Å²) < 4.78 is 1.99. The molecule has 0 atom stereocenters. The van der Waals surface area contributed by atoms with Crippen LogP contribution in [0.2, 0.25) is 0 Å². The van der Waals surface area contributed by atoms with E-state index < -0.39 is 0 Å². The van der Waals surface area contributed by atoms with Crippen molar-refractivity contribution in [3.63, 3.8) is 0 Å². The molecule has 2 aromatic heterocycles. The lowest BCUT2D eigenvalue weighted by atomic mass is 10.1. The van der Waals surface area contributed by atoms with E-state index in [1.54, 1.807) is 0 Å². The highest BCUT2D eigenvalue weighted by molar-refractivity contribution is 5.65. The van der Waals surface area contributed by atoms with E-state index in [1.807, 2.05) is 37.8 Å². The molecule has 0 saturated heterocycles. The predicted octanol–water partition coefficient (Wildman–Crippen LogP) is 2.41. The Morgan fingerprint density at radius 1 is 1.28 bits per heavy atom. The number of rotatable bonds is 4. The number of nitrogens with zero attached hydrogens (tertiary/aromatic N) is 4. The first-order valence-corrected chi connectivity index (χ1v) is 6.22. The van der Waals surface area contributed by atoms with Gasteiger partial charge in [0.05, 0.1) is 11.4 Å². The first-order chi connectivity index (χ1) is 8.67. The van der Waals surface area contributed by atoms with Crippen molar-refractivity contribution in [3.05, 3.63) is 23.7 Å². The summed E-state index contributed by atoms with van der Waals surface area (Å²) in [6, 6.07) is 2.00. The molecule has 5 heteroatoms. The molecule has 96 valence electrons. The van der Waals surface area contributed by atoms with Crippen LogP contribution >= 0.6 is 0 Å². The molecule has 2 aromatic rings. The van der Waals surface area contributed by atoms with Gasteiger partial charge in [-0.2, -0.15) is 5.10 Å². The molecule has 0 spiro atoms. The zero-order chi connectivity index (χ0) is 13.1. The van der Waals surface area contributed by atoms with Crippen LogP contribution < -0.4 is 5.32 Å². The Labute approximate surface area is 107 Å². The molecule has 0 aliphatic heterocycles. The SMILES string of the molecule is CCCn1nccc1-c1nc(C)nc(NC)c1C. The summed E-state index contributed by atoms with van der Waals surface area (Å²) in [5.74, 6) is 1.64. The van der Waals surface area contributed by atoms with Crippen LogP contribution in [0.4, 0.5) is 5.82 Å². The van der Waals surface area contributed by atoms with Gasteiger partial charge in [-0.1, -0.05) is 6.92 Å². The molecule has 0 fully saturated rings. The molecule has 0 unspecified atom stereocenters. The van der Waals surface area contributed by atoms with Gasteiger partial charge in [-0.05, 0) is 26.3 Å². The van der Waals surface area contributed by atoms with Crippen LogP contribution in [0.25, 0.3) is 11.4 Å². The minimum atomic E-state index is 0.768. The Kier molecular flexibility index (Phi) is 3.60. The molecule has 0 aromatic carbocycles. The summed E-state index contributed by atoms with van der Waals surface area (Å²) in [5.41, 5.74) is 3.06. The third-order valence-electron chi connectivity index (χ3n) is 2.89. The topological polar surface area (TPSA) is 55.6 Å². The van der Waals surface area contributed by atoms with E-state index in [2.05, 4.69) is 27.3 Å². The van der Waals surface area contributed by atoms with Gasteiger partial charge in [-0.3, -0.25) is 4.68 Å². The maximum absolute atomic E-state index is 4.55. The van der Waals surface area contributed by atoms with Crippen LogP contribution in [0.15, 0.2) is 12.3 Å². The maximum Gasteiger partial charge on any atom is 0.133 e. The second-order valence-corrected chi connectivity index (χ2v) is 4.28. The summed E-state index contributed by atoms with van der Waals surface area (Å²) >= 11 is 0. The molecule has 0 saturated carbocycles. The van der Waals surface area contributed by atoms with Crippen molar-refractivity contribution in [2.75, 3.05) is 12.4 Å². The smallest absolute Gasteiger partial charge is 0.133 e. The second kappa shape index (κ2) is 5.16. The van der Waals surface area contributed by atoms with E-state index in [0.29, 0.717) is 0 Å². The zero-order valence-electron chi connectivity index (χ0n) is 11.4. The van der Waals surface area contributed by atoms with Crippen molar-refractivity contribution in [1.29, 1.82) is 0 Å². The molecule has 0 radical (unpaired) electrons. The normalized spacial score (nSPS) is 10.7. The van der Waals surface area contributed by atoms with Gasteiger partial charge in [0.2, 0.25) is 0 Å². The van der Waals surface area contributed by atoms with E-state index in [4.69, 9.17) is 0 Å². The Morgan fingerprint density at radius 2 is 2.06 bits per heavy atom. The van der Waals surface area contributed by atoms with Crippen molar-refractivity contribution in [2.24, 2.45) is 0 Å². The van der Waals surface area contributed by atoms with Crippen LogP contribution in [-0.2, 0) is 6.54 Å². The summed E-state index contributed by atoms with van der Waals surface area (Å²) in [5, 5.41) is 7.45. The van der Waals surface area contributed by atoms with Gasteiger partial charge >= 0.3 is 0 Å². The fourth-order valence-electron chi connectivity index (χ4n) is 2.05. The highest BCUT2D eigenvalue weighted by atomic mass is 15.3. The van der Waals surface area contributed by atoms with Crippen LogP contribution in [-0.4, -0.2) is 26.8 Å². The molecule has 2 rings (SSSR count). The van der Waals surface area contributed by atoms with E-state index >= 15 is 0 Å². The van der Waals surface area contributed by atoms with Crippen LogP contribution in [0.5, 0.6) is 0 Å². The number of hydrogen-bond donors (Lipinski definition) is 1. The summed E-state index contributed by atoms with van der Waals surface area (Å²) in [4.78, 5) is 8.94. The Hall–Kier alpha value is -1.91. The van der Waals surface area contributed by atoms with Crippen molar-refractivity contribution < 1.29 is 0 Å². The van der Waals surface area contributed by atoms with Crippen molar-refractivity contribution >= 4 is 5.82 Å². The van der Waals surface area contributed by atoms with E-state index in [1.165, 1.54) is 0 Å². The molecule has 2 heterocycles. The summed E-state index contributed by atoms with van der Waals surface area (Å²) in [7, 11) is 1.88. The lowest BCUT2D eigenvalue weighted by Crippen LogP contribution is -2.07. The molecule has 1 N–H and O–H groups in total. The second-order valence-electron chi connectivity index (χ2n) is 4.28. The van der Waals surface area contributed by atoms with Crippen LogP contribution in [0.1, 0.15) is 24.7 Å². The van der Waals surface area contributed by atoms with Gasteiger partial charge in [-0.15, -0.1) is 0 Å². The van der Waals surface area contributed by atoms with Gasteiger partial charge in [0.1, 0.15) is 11.6 Å². The first-order valence-electron chi connectivity index (χ1n) is 6.22. The third kappa shape index (κ3) is 2.20. The minimum Gasteiger partial charge on any atom is -0.373 e. The lowest BCUT2D eigenvalue weighted by molar-refractivity contribution is 0.607. The highest BCUT2D eigenvalue weighted by Crippen LogP contribution is 2.25. The average molecular weight is 245 g/mol. The Bertz CT molecular complexity index is 544. The average Bonchev–Trinajstić information content (AvgIpc) is 2.80. The molecule has 5 nitrogen and oxygen atoms in total. The molecule has 0 amide bonds. The van der Waals surface area contributed by atoms with Gasteiger partial charge in [0, 0.05) is 25.4 Å². The van der Waals surface area contributed by atoms with Gasteiger partial charge in [0.15, 0.2) is 0 Å². The first kappa shape index (κ1) is 12.5. The summed E-state index contributed by atoms with van der Waals surface area (Å²) in [6.45, 7) is 6.98. The molecular weight excluding hydrogens is 226 g/mol. The fraction of sp³-hybridized carbons (Fsp3) is 0.462. The van der Waals surface area contributed by atoms with E-state index in [9.17, 15) is 0 Å². The van der Waals surface area contributed by atoms with Crippen molar-refractivity contribution in [1.82, 2.24) is 19.7 Å². The zero-order valence-corrected chi connectivity index (χ0v) is 11.4. The monoisotopic (exact) mass is 245 g/mol. The van der Waals surface area contributed by atoms with Crippen LogP contribution in [0, 0.1) is 13.8 Å². The standard InChI is InChI=1S/C13H19N5/c1-5-8-18-11(6-7-15-18)12-9(2)13(14-4)17-10(3)16-12/h6-7H,5,8H2,1-4H3,(H,14,16,17). The highest BCUT2D eigenvalue weighted by Gasteiger charge is 2.13. The molecule has 0 bridgehead atoms. The predicted molar refractivity (Wildman–Crippen MR) is 72.6 cm³/mol. The van der Waals surface area contributed by atoms with Crippen molar-refractivity contribution in [3.8, 4) is 11.4 Å². The quantitative estimate of drug-likeness (QED) is 0.898.